The van der Waals surface area contributed by atoms with E-state index in [1.165, 1.54) is 12.5 Å². The summed E-state index contributed by atoms with van der Waals surface area (Å²) in [7, 11) is 0. The third kappa shape index (κ3) is 3.66. The van der Waals surface area contributed by atoms with Gasteiger partial charge in [-0.1, -0.05) is 30.3 Å². The van der Waals surface area contributed by atoms with Crippen LogP contribution in [0.1, 0.15) is 19.4 Å². The summed E-state index contributed by atoms with van der Waals surface area (Å²) < 4.78 is 1.70. The van der Waals surface area contributed by atoms with E-state index in [1.54, 1.807) is 10.9 Å². The van der Waals surface area contributed by atoms with E-state index in [9.17, 15) is 4.79 Å². The quantitative estimate of drug-likeness (QED) is 0.556. The Morgan fingerprint density at radius 1 is 1.11 bits per heavy atom. The second kappa shape index (κ2) is 7.43. The molecule has 0 spiro atoms. The van der Waals surface area contributed by atoms with Gasteiger partial charge in [0, 0.05) is 18.3 Å². The number of amides is 1. The normalized spacial score (nSPS) is 10.8. The predicted octanol–water partition coefficient (Wildman–Crippen LogP) is 3.47. The van der Waals surface area contributed by atoms with Crippen molar-refractivity contribution in [2.75, 3.05) is 10.6 Å². The van der Waals surface area contributed by atoms with Crippen molar-refractivity contribution in [1.29, 1.82) is 0 Å². The van der Waals surface area contributed by atoms with Crippen molar-refractivity contribution < 1.29 is 4.79 Å². The van der Waals surface area contributed by atoms with Gasteiger partial charge in [0.15, 0.2) is 11.2 Å². The molecule has 0 fully saturated rings. The van der Waals surface area contributed by atoms with Crippen LogP contribution in [0.25, 0.3) is 16.9 Å². The first-order valence-electron chi connectivity index (χ1n) is 8.95. The number of aryl methyl sites for hydroxylation is 1. The van der Waals surface area contributed by atoms with Crippen molar-refractivity contribution in [3.8, 4) is 5.69 Å². The molecule has 8 heteroatoms. The maximum absolute atomic E-state index is 11.2. The minimum Gasteiger partial charge on any atom is -0.326 e. The van der Waals surface area contributed by atoms with Gasteiger partial charge in [0.2, 0.25) is 11.9 Å². The van der Waals surface area contributed by atoms with Crippen LogP contribution in [-0.4, -0.2) is 30.9 Å². The third-order valence-electron chi connectivity index (χ3n) is 4.20. The lowest BCUT2D eigenvalue weighted by atomic mass is 10.1. The highest BCUT2D eigenvalue weighted by Gasteiger charge is 2.11. The van der Waals surface area contributed by atoms with Crippen LogP contribution in [0.4, 0.5) is 17.3 Å². The van der Waals surface area contributed by atoms with Crippen LogP contribution in [0.3, 0.4) is 0 Å². The van der Waals surface area contributed by atoms with Gasteiger partial charge in [-0.2, -0.15) is 9.67 Å². The Morgan fingerprint density at radius 3 is 2.75 bits per heavy atom. The van der Waals surface area contributed by atoms with Gasteiger partial charge in [-0.25, -0.2) is 4.98 Å². The summed E-state index contributed by atoms with van der Waals surface area (Å²) in [6, 6.07) is 15.5. The molecule has 0 saturated heterocycles. The number of carbonyl (C=O) groups excluding carboxylic acids is 1. The Hall–Kier alpha value is -3.81. The van der Waals surface area contributed by atoms with Crippen LogP contribution >= 0.6 is 0 Å². The summed E-state index contributed by atoms with van der Waals surface area (Å²) >= 11 is 0. The Morgan fingerprint density at radius 2 is 1.93 bits per heavy atom. The fourth-order valence-electron chi connectivity index (χ4n) is 2.88. The second-order valence-corrected chi connectivity index (χ2v) is 6.31. The van der Waals surface area contributed by atoms with E-state index in [-0.39, 0.29) is 5.91 Å². The SMILES string of the molecule is CCc1cccc(-n2nnc3cnc(Nc4cccc(NC(C)=O)c4)nc32)c1. The van der Waals surface area contributed by atoms with Gasteiger partial charge in [0.25, 0.3) is 0 Å². The summed E-state index contributed by atoms with van der Waals surface area (Å²) in [4.78, 5) is 20.1. The zero-order valence-electron chi connectivity index (χ0n) is 15.5. The highest BCUT2D eigenvalue weighted by molar-refractivity contribution is 5.89. The summed E-state index contributed by atoms with van der Waals surface area (Å²) in [6.07, 6.45) is 2.57. The van der Waals surface area contributed by atoms with E-state index in [0.29, 0.717) is 22.8 Å². The molecule has 2 N–H and O–H groups in total. The maximum atomic E-state index is 11.2. The number of anilines is 3. The molecule has 8 nitrogen and oxygen atoms in total. The monoisotopic (exact) mass is 373 g/mol. The van der Waals surface area contributed by atoms with Gasteiger partial charge in [0.1, 0.15) is 0 Å². The molecule has 1 amide bonds. The zero-order valence-corrected chi connectivity index (χ0v) is 15.5. The fourth-order valence-corrected chi connectivity index (χ4v) is 2.88. The lowest BCUT2D eigenvalue weighted by Gasteiger charge is -2.08. The van der Waals surface area contributed by atoms with E-state index < -0.39 is 0 Å². The summed E-state index contributed by atoms with van der Waals surface area (Å²) in [5, 5.41) is 14.3. The van der Waals surface area contributed by atoms with Gasteiger partial charge in [-0.15, -0.1) is 5.10 Å². The maximum Gasteiger partial charge on any atom is 0.229 e. The highest BCUT2D eigenvalue weighted by Crippen LogP contribution is 2.20. The van der Waals surface area contributed by atoms with Crippen molar-refractivity contribution in [2.24, 2.45) is 0 Å². The Labute approximate surface area is 161 Å². The average Bonchev–Trinajstić information content (AvgIpc) is 3.11. The molecule has 140 valence electrons. The number of aromatic nitrogens is 5. The number of rotatable bonds is 5. The number of nitrogens with one attached hydrogen (secondary N) is 2. The largest absolute Gasteiger partial charge is 0.326 e. The van der Waals surface area contributed by atoms with Crippen LogP contribution in [-0.2, 0) is 11.2 Å². The van der Waals surface area contributed by atoms with E-state index in [4.69, 9.17) is 0 Å². The number of fused-ring (bicyclic) bond motifs is 1. The molecule has 0 aliphatic carbocycles. The molecule has 0 radical (unpaired) electrons. The summed E-state index contributed by atoms with van der Waals surface area (Å²) in [5.74, 6) is 0.293. The van der Waals surface area contributed by atoms with Gasteiger partial charge >= 0.3 is 0 Å². The minimum absolute atomic E-state index is 0.126. The van der Waals surface area contributed by atoms with Gasteiger partial charge in [0.05, 0.1) is 11.9 Å². The number of hydrogen-bond acceptors (Lipinski definition) is 6. The Balaban J connectivity index is 1.67. The molecule has 0 unspecified atom stereocenters. The van der Waals surface area contributed by atoms with Gasteiger partial charge in [-0.3, -0.25) is 4.79 Å². The van der Waals surface area contributed by atoms with Crippen molar-refractivity contribution in [2.45, 2.75) is 20.3 Å². The van der Waals surface area contributed by atoms with Crippen LogP contribution in [0.2, 0.25) is 0 Å². The summed E-state index contributed by atoms with van der Waals surface area (Å²) in [6.45, 7) is 3.58. The molecule has 0 aliphatic rings. The van der Waals surface area contributed by atoms with Crippen molar-refractivity contribution in [1.82, 2.24) is 25.0 Å². The fraction of sp³-hybridized carbons (Fsp3) is 0.150. The van der Waals surface area contributed by atoms with Gasteiger partial charge in [-0.05, 0) is 42.3 Å². The molecule has 2 aromatic carbocycles. The van der Waals surface area contributed by atoms with E-state index in [0.717, 1.165) is 17.8 Å². The van der Waals surface area contributed by atoms with Gasteiger partial charge < -0.3 is 10.6 Å². The second-order valence-electron chi connectivity index (χ2n) is 6.31. The smallest absolute Gasteiger partial charge is 0.229 e. The molecule has 4 aromatic rings. The lowest BCUT2D eigenvalue weighted by Crippen LogP contribution is -2.06. The molecule has 0 atom stereocenters. The Kier molecular flexibility index (Phi) is 4.67. The highest BCUT2D eigenvalue weighted by atomic mass is 16.1. The van der Waals surface area contributed by atoms with E-state index >= 15 is 0 Å². The van der Waals surface area contributed by atoms with Crippen LogP contribution in [0.5, 0.6) is 0 Å². The van der Waals surface area contributed by atoms with E-state index in [1.807, 2.05) is 36.4 Å². The van der Waals surface area contributed by atoms with Crippen molar-refractivity contribution in [3.05, 3.63) is 60.3 Å². The summed E-state index contributed by atoms with van der Waals surface area (Å²) in [5.41, 5.74) is 4.80. The number of hydrogen-bond donors (Lipinski definition) is 2. The van der Waals surface area contributed by atoms with Crippen molar-refractivity contribution in [3.63, 3.8) is 0 Å². The molecule has 0 aliphatic heterocycles. The first-order chi connectivity index (χ1) is 13.6. The molecule has 4 rings (SSSR count). The zero-order chi connectivity index (χ0) is 19.5. The molecule has 0 saturated carbocycles. The number of carbonyl (C=O) groups is 1. The minimum atomic E-state index is -0.126. The standard InChI is InChI=1S/C20H19N7O/c1-3-14-6-4-9-17(10-14)27-19-18(25-26-27)12-21-20(24-19)23-16-8-5-7-15(11-16)22-13(2)28/h4-12H,3H2,1-2H3,(H,22,28)(H,21,23,24). The molecule has 28 heavy (non-hydrogen) atoms. The Bertz CT molecular complexity index is 1150. The molecular weight excluding hydrogens is 354 g/mol. The lowest BCUT2D eigenvalue weighted by molar-refractivity contribution is -0.114. The molecule has 2 heterocycles. The molecule has 2 aromatic heterocycles. The number of nitrogens with zero attached hydrogens (tertiary/aromatic N) is 5. The van der Waals surface area contributed by atoms with Crippen LogP contribution < -0.4 is 10.6 Å². The first kappa shape index (κ1) is 17.6. The van der Waals surface area contributed by atoms with Crippen LogP contribution in [0.15, 0.2) is 54.7 Å². The van der Waals surface area contributed by atoms with E-state index in [2.05, 4.69) is 50.0 Å². The number of benzene rings is 2. The van der Waals surface area contributed by atoms with Crippen molar-refractivity contribution >= 4 is 34.4 Å². The molecular formula is C20H19N7O. The predicted molar refractivity (Wildman–Crippen MR) is 108 cm³/mol. The average molecular weight is 373 g/mol. The topological polar surface area (TPSA) is 97.6 Å². The van der Waals surface area contributed by atoms with Crippen LogP contribution in [0, 0.1) is 0 Å². The molecule has 0 bridgehead atoms. The first-order valence-corrected chi connectivity index (χ1v) is 8.95. The third-order valence-corrected chi connectivity index (χ3v) is 4.20.